The maximum absolute atomic E-state index is 10.1. The number of aliphatic hydroxyl groups is 1. The monoisotopic (exact) mass is 181 g/mol. The fraction of sp³-hybridized carbons (Fsp3) is 0.800. The Morgan fingerprint density at radius 1 is 1.64 bits per heavy atom. The van der Waals surface area contributed by atoms with Gasteiger partial charge in [-0.05, 0) is 6.92 Å². The van der Waals surface area contributed by atoms with E-state index >= 15 is 0 Å². The zero-order chi connectivity index (χ0) is 8.91. The molecule has 66 valence electrons. The second-order valence-electron chi connectivity index (χ2n) is 2.15. The topological polar surface area (TPSA) is 87.0 Å². The minimum atomic E-state index is -3.95. The van der Waals surface area contributed by atoms with Gasteiger partial charge in [-0.3, -0.25) is 9.55 Å². The van der Waals surface area contributed by atoms with Crippen LogP contribution in [0.15, 0.2) is 4.99 Å². The van der Waals surface area contributed by atoms with E-state index in [0.717, 1.165) is 6.21 Å². The molecule has 0 aliphatic carbocycles. The van der Waals surface area contributed by atoms with E-state index in [9.17, 15) is 8.42 Å². The third-order valence-electron chi connectivity index (χ3n) is 0.784. The van der Waals surface area contributed by atoms with E-state index in [2.05, 4.69) is 4.99 Å². The second kappa shape index (κ2) is 4.42. The van der Waals surface area contributed by atoms with Crippen LogP contribution in [0.25, 0.3) is 0 Å². The molecule has 0 aliphatic rings. The van der Waals surface area contributed by atoms with Crippen molar-refractivity contribution < 1.29 is 18.1 Å². The lowest BCUT2D eigenvalue weighted by Gasteiger charge is -1.95. The Bertz CT molecular complexity index is 219. The largest absolute Gasteiger partial charge is 0.391 e. The highest BCUT2D eigenvalue weighted by Crippen LogP contribution is 1.81. The first kappa shape index (κ1) is 10.5. The summed E-state index contributed by atoms with van der Waals surface area (Å²) in [7, 11) is -3.95. The summed E-state index contributed by atoms with van der Waals surface area (Å²) in [4.78, 5) is 3.54. The summed E-state index contributed by atoms with van der Waals surface area (Å²) in [5.74, 6) is -0.500. The zero-order valence-electron chi connectivity index (χ0n) is 6.14. The first-order valence-corrected chi connectivity index (χ1v) is 4.64. The van der Waals surface area contributed by atoms with Gasteiger partial charge >= 0.3 is 0 Å². The SMILES string of the molecule is CC(O)CN=CCS(=O)(=O)O. The molecule has 0 spiro atoms. The Morgan fingerprint density at radius 2 is 2.18 bits per heavy atom. The molecular formula is C5H11NO4S. The summed E-state index contributed by atoms with van der Waals surface area (Å²) in [5, 5.41) is 8.66. The van der Waals surface area contributed by atoms with Gasteiger partial charge in [-0.2, -0.15) is 8.42 Å². The molecule has 0 aromatic carbocycles. The van der Waals surface area contributed by atoms with Crippen LogP contribution >= 0.6 is 0 Å². The van der Waals surface area contributed by atoms with E-state index in [1.807, 2.05) is 0 Å². The van der Waals surface area contributed by atoms with Crippen LogP contribution in [-0.2, 0) is 10.1 Å². The van der Waals surface area contributed by atoms with E-state index in [1.54, 1.807) is 0 Å². The molecule has 0 radical (unpaired) electrons. The maximum Gasteiger partial charge on any atom is 0.270 e. The summed E-state index contributed by atoms with van der Waals surface area (Å²) in [6.07, 6.45) is 0.467. The molecule has 1 atom stereocenters. The first-order valence-electron chi connectivity index (χ1n) is 3.03. The van der Waals surface area contributed by atoms with E-state index in [4.69, 9.17) is 9.66 Å². The summed E-state index contributed by atoms with van der Waals surface area (Å²) in [6, 6.07) is 0. The van der Waals surface area contributed by atoms with Crippen LogP contribution < -0.4 is 0 Å². The van der Waals surface area contributed by atoms with Gasteiger partial charge in [0.15, 0.2) is 0 Å². The van der Waals surface area contributed by atoms with E-state index in [-0.39, 0.29) is 6.54 Å². The highest BCUT2D eigenvalue weighted by Gasteiger charge is 1.99. The summed E-state index contributed by atoms with van der Waals surface area (Å²) in [5.41, 5.74) is 0. The molecular weight excluding hydrogens is 170 g/mol. The number of nitrogens with zero attached hydrogens (tertiary/aromatic N) is 1. The Labute approximate surface area is 65.5 Å². The second-order valence-corrected chi connectivity index (χ2v) is 3.64. The third kappa shape index (κ3) is 9.54. The smallest absolute Gasteiger partial charge is 0.270 e. The number of hydrogen-bond donors (Lipinski definition) is 2. The Kier molecular flexibility index (Phi) is 4.24. The molecule has 0 fully saturated rings. The van der Waals surface area contributed by atoms with Gasteiger partial charge < -0.3 is 5.11 Å². The minimum absolute atomic E-state index is 0.148. The molecule has 0 aliphatic heterocycles. The van der Waals surface area contributed by atoms with E-state index in [0.29, 0.717) is 0 Å². The van der Waals surface area contributed by atoms with Gasteiger partial charge in [-0.25, -0.2) is 0 Å². The van der Waals surface area contributed by atoms with Crippen LogP contribution in [0.2, 0.25) is 0 Å². The zero-order valence-corrected chi connectivity index (χ0v) is 6.95. The molecule has 0 aromatic heterocycles. The van der Waals surface area contributed by atoms with Crippen LogP contribution in [0.5, 0.6) is 0 Å². The third-order valence-corrected chi connectivity index (χ3v) is 1.35. The molecule has 5 nitrogen and oxygen atoms in total. The Hall–Kier alpha value is -0.460. The van der Waals surface area contributed by atoms with Crippen molar-refractivity contribution in [2.75, 3.05) is 12.3 Å². The van der Waals surface area contributed by atoms with Crippen molar-refractivity contribution in [2.24, 2.45) is 4.99 Å². The number of hydrogen-bond acceptors (Lipinski definition) is 4. The molecule has 6 heteroatoms. The van der Waals surface area contributed by atoms with Gasteiger partial charge in [0.2, 0.25) is 0 Å². The van der Waals surface area contributed by atoms with Crippen molar-refractivity contribution in [1.82, 2.24) is 0 Å². The molecule has 0 bridgehead atoms. The molecule has 0 rings (SSSR count). The standard InChI is InChI=1S/C5H11NO4S/c1-5(7)4-6-2-3-11(8,9)10/h2,5,7H,3-4H2,1H3,(H,8,9,10). The van der Waals surface area contributed by atoms with E-state index in [1.165, 1.54) is 6.92 Å². The van der Waals surface area contributed by atoms with Gasteiger partial charge in [-0.15, -0.1) is 0 Å². The average molecular weight is 181 g/mol. The Morgan fingerprint density at radius 3 is 2.55 bits per heavy atom. The summed E-state index contributed by atoms with van der Waals surface area (Å²) < 4.78 is 28.4. The molecule has 11 heavy (non-hydrogen) atoms. The lowest BCUT2D eigenvalue weighted by atomic mass is 10.4. The van der Waals surface area contributed by atoms with Crippen LogP contribution in [0.4, 0.5) is 0 Å². The normalized spacial score (nSPS) is 15.5. The lowest BCUT2D eigenvalue weighted by molar-refractivity contribution is 0.204. The van der Waals surface area contributed by atoms with Crippen LogP contribution in [0.3, 0.4) is 0 Å². The molecule has 2 N–H and O–H groups in total. The van der Waals surface area contributed by atoms with Crippen molar-refractivity contribution >= 4 is 16.3 Å². The molecule has 1 unspecified atom stereocenters. The van der Waals surface area contributed by atoms with Crippen molar-refractivity contribution in [3.63, 3.8) is 0 Å². The molecule has 0 saturated carbocycles. The molecule has 0 aromatic rings. The van der Waals surface area contributed by atoms with Crippen LogP contribution in [0.1, 0.15) is 6.92 Å². The fourth-order valence-electron chi connectivity index (χ4n) is 0.374. The van der Waals surface area contributed by atoms with Crippen LogP contribution in [0, 0.1) is 0 Å². The van der Waals surface area contributed by atoms with Crippen molar-refractivity contribution in [3.8, 4) is 0 Å². The Balaban J connectivity index is 3.63. The quantitative estimate of drug-likeness (QED) is 0.444. The van der Waals surface area contributed by atoms with Gasteiger partial charge in [0, 0.05) is 6.21 Å². The molecule has 0 heterocycles. The fourth-order valence-corrected chi connectivity index (χ4v) is 0.668. The van der Waals surface area contributed by atoms with Gasteiger partial charge in [-0.1, -0.05) is 0 Å². The highest BCUT2D eigenvalue weighted by molar-refractivity contribution is 7.86. The number of aliphatic hydroxyl groups excluding tert-OH is 1. The first-order chi connectivity index (χ1) is 4.92. The summed E-state index contributed by atoms with van der Waals surface area (Å²) in [6.45, 7) is 1.68. The number of rotatable bonds is 4. The van der Waals surface area contributed by atoms with Gasteiger partial charge in [0.1, 0.15) is 5.75 Å². The maximum atomic E-state index is 10.1. The molecule has 0 amide bonds. The minimum Gasteiger partial charge on any atom is -0.391 e. The van der Waals surface area contributed by atoms with Crippen LogP contribution in [-0.4, -0.2) is 42.7 Å². The average Bonchev–Trinajstić information content (AvgIpc) is 1.78. The predicted octanol–water partition coefficient (Wildman–Crippen LogP) is -0.674. The number of aliphatic imine (C=N–C) groups is 1. The van der Waals surface area contributed by atoms with E-state index < -0.39 is 22.0 Å². The van der Waals surface area contributed by atoms with Crippen molar-refractivity contribution in [3.05, 3.63) is 0 Å². The van der Waals surface area contributed by atoms with Gasteiger partial charge in [0.05, 0.1) is 12.6 Å². The van der Waals surface area contributed by atoms with Crippen molar-refractivity contribution in [2.45, 2.75) is 13.0 Å². The van der Waals surface area contributed by atoms with Crippen molar-refractivity contribution in [1.29, 1.82) is 0 Å². The summed E-state index contributed by atoms with van der Waals surface area (Å²) >= 11 is 0. The lowest BCUT2D eigenvalue weighted by Crippen LogP contribution is -2.08. The van der Waals surface area contributed by atoms with Gasteiger partial charge in [0.25, 0.3) is 10.1 Å². The predicted molar refractivity (Wildman–Crippen MR) is 41.5 cm³/mol. The molecule has 0 saturated heterocycles. The highest BCUT2D eigenvalue weighted by atomic mass is 32.2.